The number of ketones is 1. The van der Waals surface area contributed by atoms with Crippen LogP contribution < -0.4 is 0 Å². The first-order chi connectivity index (χ1) is 15.0. The topological polar surface area (TPSA) is 66.1 Å². The van der Waals surface area contributed by atoms with Gasteiger partial charge < -0.3 is 13.9 Å². The number of nitrogens with zero attached hydrogens (tertiary/aromatic N) is 3. The fraction of sp³-hybridized carbons (Fsp3) is 0.435. The number of para-hydroxylation sites is 2. The normalized spacial score (nSPS) is 12.0. The first-order valence-electron chi connectivity index (χ1n) is 10.4. The summed E-state index contributed by atoms with van der Waals surface area (Å²) >= 11 is 0. The van der Waals surface area contributed by atoms with E-state index in [9.17, 15) is 22.8 Å². The molecule has 0 saturated carbocycles. The molecule has 0 saturated heterocycles. The highest BCUT2D eigenvalue weighted by Gasteiger charge is 2.38. The maximum Gasteiger partial charge on any atom is 0.449 e. The summed E-state index contributed by atoms with van der Waals surface area (Å²) in [5.74, 6) is -2.01. The van der Waals surface area contributed by atoms with E-state index in [1.54, 1.807) is 18.2 Å². The van der Waals surface area contributed by atoms with E-state index in [2.05, 4.69) is 18.8 Å². The molecule has 2 heterocycles. The molecule has 6 nitrogen and oxygen atoms in total. The van der Waals surface area contributed by atoms with Crippen molar-refractivity contribution in [1.29, 1.82) is 0 Å². The summed E-state index contributed by atoms with van der Waals surface area (Å²) in [5.41, 5.74) is 2.44. The number of fused-ring (bicyclic) bond motifs is 1. The fourth-order valence-corrected chi connectivity index (χ4v) is 3.67. The lowest BCUT2D eigenvalue weighted by Gasteiger charge is -2.12. The lowest BCUT2D eigenvalue weighted by atomic mass is 10.1. The molecule has 0 spiro atoms. The maximum absolute atomic E-state index is 13.4. The van der Waals surface area contributed by atoms with Crippen molar-refractivity contribution in [3.05, 3.63) is 53.1 Å². The molecule has 3 aromatic rings. The first kappa shape index (κ1) is 23.6. The molecular formula is C23H26F3N3O3. The summed E-state index contributed by atoms with van der Waals surface area (Å²) in [6.45, 7) is 7.50. The average Bonchev–Trinajstić information content (AvgIpc) is 3.22. The van der Waals surface area contributed by atoms with E-state index >= 15 is 0 Å². The number of benzene rings is 1. The third kappa shape index (κ3) is 5.03. The molecule has 0 fully saturated rings. The van der Waals surface area contributed by atoms with Crippen LogP contribution in [0.3, 0.4) is 0 Å². The number of aromatic nitrogens is 3. The van der Waals surface area contributed by atoms with Crippen LogP contribution >= 0.6 is 0 Å². The molecule has 0 N–H and O–H groups in total. The number of imidazole rings is 1. The highest BCUT2D eigenvalue weighted by atomic mass is 19.4. The monoisotopic (exact) mass is 449 g/mol. The number of Topliss-reactive ketones (excluding diaryl/α,β-unsaturated/α-hetero) is 1. The second kappa shape index (κ2) is 9.18. The Bertz CT molecular complexity index is 1140. The molecule has 3 rings (SSSR count). The number of carbonyl (C=O) groups is 2. The number of hydrogen-bond donors (Lipinski definition) is 0. The van der Waals surface area contributed by atoms with Gasteiger partial charge in [0.1, 0.15) is 6.54 Å². The van der Waals surface area contributed by atoms with Crippen molar-refractivity contribution in [3.63, 3.8) is 0 Å². The Morgan fingerprint density at radius 2 is 1.81 bits per heavy atom. The SMILES string of the molecule is Cc1cc(C(=O)COC(=O)Cn2c(C(F)(F)F)nc3ccccc32)c(C)n1CCC(C)C. The quantitative estimate of drug-likeness (QED) is 0.361. The Kier molecular flexibility index (Phi) is 6.76. The Morgan fingerprint density at radius 1 is 1.12 bits per heavy atom. The summed E-state index contributed by atoms with van der Waals surface area (Å²) < 4.78 is 48.0. The average molecular weight is 449 g/mol. The number of alkyl halides is 3. The van der Waals surface area contributed by atoms with Crippen LogP contribution in [0.25, 0.3) is 11.0 Å². The van der Waals surface area contributed by atoms with E-state index in [0.717, 1.165) is 28.9 Å². The number of aryl methyl sites for hydroxylation is 1. The van der Waals surface area contributed by atoms with E-state index in [1.165, 1.54) is 12.1 Å². The van der Waals surface area contributed by atoms with Gasteiger partial charge in [0.05, 0.1) is 11.0 Å². The standard InChI is InChI=1S/C23H26F3N3O3/c1-14(2)9-10-28-15(3)11-17(16(28)4)20(30)13-32-21(31)12-29-19-8-6-5-7-18(19)27-22(29)23(24,25)26/h5-8,11,14H,9-10,12-13H2,1-4H3. The summed E-state index contributed by atoms with van der Waals surface area (Å²) in [6, 6.07) is 7.75. The van der Waals surface area contributed by atoms with Crippen LogP contribution in [0.4, 0.5) is 13.2 Å². The minimum atomic E-state index is -4.73. The van der Waals surface area contributed by atoms with Gasteiger partial charge >= 0.3 is 12.1 Å². The predicted molar refractivity (Wildman–Crippen MR) is 113 cm³/mol. The molecule has 0 bridgehead atoms. The van der Waals surface area contributed by atoms with Crippen LogP contribution in [0.15, 0.2) is 30.3 Å². The van der Waals surface area contributed by atoms with Crippen molar-refractivity contribution in [2.24, 2.45) is 5.92 Å². The molecule has 2 aromatic heterocycles. The number of halogens is 3. The molecule has 0 amide bonds. The van der Waals surface area contributed by atoms with Gasteiger partial charge in [-0.1, -0.05) is 26.0 Å². The van der Waals surface area contributed by atoms with Crippen molar-refractivity contribution >= 4 is 22.8 Å². The number of rotatable bonds is 8. The second-order valence-corrected chi connectivity index (χ2v) is 8.21. The van der Waals surface area contributed by atoms with Crippen LogP contribution in [0, 0.1) is 19.8 Å². The van der Waals surface area contributed by atoms with Crippen molar-refractivity contribution < 1.29 is 27.5 Å². The molecule has 0 atom stereocenters. The van der Waals surface area contributed by atoms with Crippen molar-refractivity contribution in [3.8, 4) is 0 Å². The van der Waals surface area contributed by atoms with Crippen LogP contribution in [-0.2, 0) is 28.8 Å². The lowest BCUT2D eigenvalue weighted by Crippen LogP contribution is -2.22. The molecular weight excluding hydrogens is 423 g/mol. The first-order valence-corrected chi connectivity index (χ1v) is 10.4. The predicted octanol–water partition coefficient (Wildman–Crippen LogP) is 4.95. The molecule has 172 valence electrons. The smallest absolute Gasteiger partial charge is 0.449 e. The molecule has 0 radical (unpaired) electrons. The third-order valence-electron chi connectivity index (χ3n) is 5.36. The molecule has 0 aliphatic heterocycles. The van der Waals surface area contributed by atoms with Gasteiger partial charge in [-0.05, 0) is 44.4 Å². The van der Waals surface area contributed by atoms with E-state index in [0.29, 0.717) is 11.5 Å². The molecule has 32 heavy (non-hydrogen) atoms. The largest absolute Gasteiger partial charge is 0.456 e. The number of esters is 1. The van der Waals surface area contributed by atoms with Crippen molar-refractivity contribution in [2.45, 2.75) is 53.4 Å². The van der Waals surface area contributed by atoms with Crippen molar-refractivity contribution in [2.75, 3.05) is 6.61 Å². The molecule has 0 unspecified atom stereocenters. The van der Waals surface area contributed by atoms with Gasteiger partial charge in [-0.25, -0.2) is 4.98 Å². The van der Waals surface area contributed by atoms with Gasteiger partial charge in [-0.3, -0.25) is 9.59 Å². The van der Waals surface area contributed by atoms with E-state index in [4.69, 9.17) is 4.74 Å². The van der Waals surface area contributed by atoms with Crippen LogP contribution in [0.2, 0.25) is 0 Å². The number of ether oxygens (including phenoxy) is 1. The highest BCUT2D eigenvalue weighted by molar-refractivity contribution is 5.99. The number of carbonyl (C=O) groups excluding carboxylic acids is 2. The van der Waals surface area contributed by atoms with Crippen LogP contribution in [0.1, 0.15) is 47.8 Å². The molecule has 9 heteroatoms. The molecule has 0 aliphatic rings. The third-order valence-corrected chi connectivity index (χ3v) is 5.36. The van der Waals surface area contributed by atoms with E-state index in [1.807, 2.05) is 18.4 Å². The van der Waals surface area contributed by atoms with Crippen molar-refractivity contribution in [1.82, 2.24) is 14.1 Å². The van der Waals surface area contributed by atoms with Gasteiger partial charge in [-0.2, -0.15) is 13.2 Å². The fourth-order valence-electron chi connectivity index (χ4n) is 3.67. The second-order valence-electron chi connectivity index (χ2n) is 8.21. The Morgan fingerprint density at radius 3 is 2.47 bits per heavy atom. The van der Waals surface area contributed by atoms with Crippen LogP contribution in [-0.4, -0.2) is 32.5 Å². The molecule has 1 aromatic carbocycles. The minimum absolute atomic E-state index is 0.123. The van der Waals surface area contributed by atoms with Gasteiger partial charge in [0.15, 0.2) is 6.61 Å². The zero-order chi connectivity index (χ0) is 23.6. The van der Waals surface area contributed by atoms with Gasteiger partial charge in [0.25, 0.3) is 0 Å². The summed E-state index contributed by atoms with van der Waals surface area (Å²) in [7, 11) is 0. The Balaban J connectivity index is 1.71. The minimum Gasteiger partial charge on any atom is -0.456 e. The molecule has 0 aliphatic carbocycles. The van der Waals surface area contributed by atoms with E-state index in [-0.39, 0.29) is 11.0 Å². The Labute approximate surface area is 184 Å². The van der Waals surface area contributed by atoms with Gasteiger partial charge in [0.2, 0.25) is 11.6 Å². The van der Waals surface area contributed by atoms with Gasteiger partial charge in [0, 0.05) is 23.5 Å². The summed E-state index contributed by atoms with van der Waals surface area (Å²) in [5, 5.41) is 0. The lowest BCUT2D eigenvalue weighted by molar-refractivity contribution is -0.150. The van der Waals surface area contributed by atoms with Crippen LogP contribution in [0.5, 0.6) is 0 Å². The maximum atomic E-state index is 13.4. The zero-order valence-electron chi connectivity index (χ0n) is 18.5. The highest BCUT2D eigenvalue weighted by Crippen LogP contribution is 2.31. The zero-order valence-corrected chi connectivity index (χ0v) is 18.5. The number of hydrogen-bond acceptors (Lipinski definition) is 4. The van der Waals surface area contributed by atoms with E-state index < -0.39 is 36.9 Å². The van der Waals surface area contributed by atoms with Gasteiger partial charge in [-0.15, -0.1) is 0 Å². The summed E-state index contributed by atoms with van der Waals surface area (Å²) in [4.78, 5) is 28.5. The Hall–Kier alpha value is -3.10. The summed E-state index contributed by atoms with van der Waals surface area (Å²) in [6.07, 6.45) is -3.78.